The fourth-order valence-corrected chi connectivity index (χ4v) is 5.17. The number of nitrogens with one attached hydrogen (secondary N) is 1. The second-order valence-corrected chi connectivity index (χ2v) is 10.8. The van der Waals surface area contributed by atoms with Crippen LogP contribution in [-0.2, 0) is 0 Å². The van der Waals surface area contributed by atoms with Crippen molar-refractivity contribution in [3.63, 3.8) is 0 Å². The smallest absolute Gasteiger partial charge is 0.233 e. The van der Waals surface area contributed by atoms with Gasteiger partial charge >= 0.3 is 0 Å². The number of fused-ring (bicyclic) bond motifs is 1. The third-order valence-electron chi connectivity index (χ3n) is 6.22. The second-order valence-electron chi connectivity index (χ2n) is 10.8. The van der Waals surface area contributed by atoms with Crippen LogP contribution in [0, 0.1) is 13.8 Å². The van der Waals surface area contributed by atoms with Gasteiger partial charge in [0.1, 0.15) is 23.2 Å². The van der Waals surface area contributed by atoms with E-state index in [1.807, 2.05) is 26.1 Å². The zero-order chi connectivity index (χ0) is 25.0. The van der Waals surface area contributed by atoms with Crippen molar-refractivity contribution in [2.45, 2.75) is 71.6 Å². The number of imidazole rings is 1. The van der Waals surface area contributed by atoms with Crippen molar-refractivity contribution >= 4 is 5.65 Å². The molecule has 1 saturated heterocycles. The molecule has 1 aliphatic rings. The molecular weight excluding hydrogens is 442 g/mol. The van der Waals surface area contributed by atoms with Crippen molar-refractivity contribution in [3.05, 3.63) is 47.9 Å². The Morgan fingerprint density at radius 2 is 1.77 bits per heavy atom. The average Bonchev–Trinajstić information content (AvgIpc) is 3.13. The first-order valence-corrected chi connectivity index (χ1v) is 11.8. The topological polar surface area (TPSA) is 110 Å². The minimum Gasteiger partial charge on any atom is -0.506 e. The summed E-state index contributed by atoms with van der Waals surface area (Å²) in [5.41, 5.74) is 4.88. The van der Waals surface area contributed by atoms with Crippen LogP contribution in [0.3, 0.4) is 0 Å². The highest BCUT2D eigenvalue weighted by atomic mass is 16.5. The van der Waals surface area contributed by atoms with Gasteiger partial charge in [-0.3, -0.25) is 0 Å². The molecule has 0 aliphatic carbocycles. The predicted molar refractivity (Wildman–Crippen MR) is 133 cm³/mol. The molecule has 5 heterocycles. The van der Waals surface area contributed by atoms with Gasteiger partial charge in [-0.2, -0.15) is 5.10 Å². The number of aromatic nitrogens is 6. The summed E-state index contributed by atoms with van der Waals surface area (Å²) in [6.07, 6.45) is 5.35. The van der Waals surface area contributed by atoms with Crippen LogP contribution in [-0.4, -0.2) is 52.1 Å². The molecule has 1 aliphatic heterocycles. The second kappa shape index (κ2) is 8.27. The first kappa shape index (κ1) is 23.2. The maximum Gasteiger partial charge on any atom is 0.233 e. The van der Waals surface area contributed by atoms with Gasteiger partial charge in [0.2, 0.25) is 5.88 Å². The van der Waals surface area contributed by atoms with Crippen LogP contribution in [0.15, 0.2) is 36.7 Å². The lowest BCUT2D eigenvalue weighted by Gasteiger charge is -2.46. The Hall–Kier alpha value is -3.59. The minimum absolute atomic E-state index is 0.00804. The monoisotopic (exact) mass is 473 g/mol. The van der Waals surface area contributed by atoms with Crippen molar-refractivity contribution in [1.82, 2.24) is 35.1 Å². The lowest BCUT2D eigenvalue weighted by Crippen LogP contribution is -2.60. The summed E-state index contributed by atoms with van der Waals surface area (Å²) in [6, 6.07) is 7.13. The molecule has 0 unspecified atom stereocenters. The summed E-state index contributed by atoms with van der Waals surface area (Å²) in [6.45, 7) is 12.6. The zero-order valence-corrected chi connectivity index (χ0v) is 21.0. The molecule has 9 heteroatoms. The molecule has 0 atom stereocenters. The van der Waals surface area contributed by atoms with Gasteiger partial charge in [0, 0.05) is 41.7 Å². The van der Waals surface area contributed by atoms with E-state index in [1.165, 1.54) is 0 Å². The molecule has 9 nitrogen and oxygen atoms in total. The Bertz CT molecular complexity index is 1380. The third-order valence-corrected chi connectivity index (χ3v) is 6.22. The molecule has 4 aromatic heterocycles. The molecule has 5 rings (SSSR count). The Labute approximate surface area is 204 Å². The summed E-state index contributed by atoms with van der Waals surface area (Å²) >= 11 is 0. The van der Waals surface area contributed by atoms with Gasteiger partial charge in [0.25, 0.3) is 0 Å². The SMILES string of the molecule is Cc1cn2nc(-c3cnc(-c4ccc(OC5CC(C)(C)NC(C)(C)C5)nn4)c(O)c3)cc(C)c2n1. The van der Waals surface area contributed by atoms with Crippen molar-refractivity contribution < 1.29 is 9.84 Å². The summed E-state index contributed by atoms with van der Waals surface area (Å²) < 4.78 is 7.91. The fraction of sp³-hybridized carbons (Fsp3) is 0.423. The lowest BCUT2D eigenvalue weighted by molar-refractivity contribution is 0.0524. The molecule has 0 spiro atoms. The average molecular weight is 474 g/mol. The number of nitrogens with zero attached hydrogens (tertiary/aromatic N) is 6. The predicted octanol–water partition coefficient (Wildman–Crippen LogP) is 4.26. The standard InChI is InChI=1S/C26H31N7O2/c1-15-9-20(31-33-14-16(2)28-24(15)33)17-10-21(34)23(27-13-17)19-7-8-22(30-29-19)35-18-11-25(3,4)32-26(5,6)12-18/h7-10,13-14,18,32,34H,11-12H2,1-6H3. The Kier molecular flexibility index (Phi) is 5.47. The highest BCUT2D eigenvalue weighted by Crippen LogP contribution is 2.32. The van der Waals surface area contributed by atoms with Crippen molar-refractivity contribution in [3.8, 4) is 34.3 Å². The Morgan fingerprint density at radius 3 is 2.43 bits per heavy atom. The van der Waals surface area contributed by atoms with Crippen LogP contribution >= 0.6 is 0 Å². The number of hydrogen-bond acceptors (Lipinski definition) is 8. The molecule has 0 saturated carbocycles. The largest absolute Gasteiger partial charge is 0.506 e. The van der Waals surface area contributed by atoms with Crippen molar-refractivity contribution in [1.29, 1.82) is 0 Å². The molecule has 1 fully saturated rings. The van der Waals surface area contributed by atoms with Gasteiger partial charge in [0.15, 0.2) is 5.65 Å². The van der Waals surface area contributed by atoms with Crippen molar-refractivity contribution in [2.75, 3.05) is 0 Å². The quantitative estimate of drug-likeness (QED) is 0.452. The van der Waals surface area contributed by atoms with Gasteiger partial charge in [0.05, 0.1) is 17.6 Å². The van der Waals surface area contributed by atoms with E-state index in [4.69, 9.17) is 4.74 Å². The van der Waals surface area contributed by atoms with Crippen LogP contribution in [0.5, 0.6) is 11.6 Å². The summed E-state index contributed by atoms with van der Waals surface area (Å²) in [7, 11) is 0. The van der Waals surface area contributed by atoms with E-state index in [2.05, 4.69) is 58.3 Å². The van der Waals surface area contributed by atoms with Crippen molar-refractivity contribution in [2.24, 2.45) is 0 Å². The number of piperidine rings is 1. The molecule has 2 N–H and O–H groups in total. The normalized spacial score (nSPS) is 17.5. The van der Waals surface area contributed by atoms with Crippen LogP contribution in [0.1, 0.15) is 51.8 Å². The molecule has 35 heavy (non-hydrogen) atoms. The number of ether oxygens (including phenoxy) is 1. The van der Waals surface area contributed by atoms with Crippen LogP contribution < -0.4 is 10.1 Å². The minimum atomic E-state index is -0.0220. The van der Waals surface area contributed by atoms with Crippen LogP contribution in [0.4, 0.5) is 0 Å². The summed E-state index contributed by atoms with van der Waals surface area (Å²) in [5, 5.41) is 27.5. The van der Waals surface area contributed by atoms with Gasteiger partial charge in [-0.1, -0.05) is 0 Å². The van der Waals surface area contributed by atoms with Gasteiger partial charge < -0.3 is 15.2 Å². The summed E-state index contributed by atoms with van der Waals surface area (Å²) in [4.78, 5) is 8.94. The fourth-order valence-electron chi connectivity index (χ4n) is 5.17. The van der Waals surface area contributed by atoms with E-state index in [-0.39, 0.29) is 22.9 Å². The molecule has 0 radical (unpaired) electrons. The van der Waals surface area contributed by atoms with E-state index in [0.29, 0.717) is 28.5 Å². The van der Waals surface area contributed by atoms with Crippen LogP contribution in [0.2, 0.25) is 0 Å². The lowest BCUT2D eigenvalue weighted by atomic mass is 9.81. The maximum absolute atomic E-state index is 10.7. The maximum atomic E-state index is 10.7. The summed E-state index contributed by atoms with van der Waals surface area (Å²) in [5.74, 6) is 0.473. The molecule has 0 bridgehead atoms. The van der Waals surface area contributed by atoms with Gasteiger partial charge in [-0.05, 0) is 65.3 Å². The molecule has 182 valence electrons. The molecule has 0 amide bonds. The number of hydrogen-bond donors (Lipinski definition) is 2. The number of pyridine rings is 1. The van der Waals surface area contributed by atoms with E-state index in [9.17, 15) is 5.11 Å². The highest BCUT2D eigenvalue weighted by Gasteiger charge is 2.38. The number of rotatable bonds is 4. The van der Waals surface area contributed by atoms with Gasteiger partial charge in [-0.25, -0.2) is 14.5 Å². The van der Waals surface area contributed by atoms with E-state index >= 15 is 0 Å². The number of aryl methyl sites for hydroxylation is 2. The zero-order valence-electron chi connectivity index (χ0n) is 21.0. The molecule has 0 aromatic carbocycles. The first-order chi connectivity index (χ1) is 16.5. The Balaban J connectivity index is 1.36. The van der Waals surface area contributed by atoms with E-state index in [0.717, 1.165) is 29.7 Å². The third kappa shape index (κ3) is 4.81. The number of aromatic hydroxyl groups is 1. The van der Waals surface area contributed by atoms with Crippen LogP contribution in [0.25, 0.3) is 28.3 Å². The first-order valence-electron chi connectivity index (χ1n) is 11.8. The van der Waals surface area contributed by atoms with E-state index < -0.39 is 0 Å². The molecular formula is C26H31N7O2. The Morgan fingerprint density at radius 1 is 1.03 bits per heavy atom. The highest BCUT2D eigenvalue weighted by molar-refractivity contribution is 5.69. The van der Waals surface area contributed by atoms with Gasteiger partial charge in [-0.15, -0.1) is 10.2 Å². The molecule has 4 aromatic rings. The van der Waals surface area contributed by atoms with E-state index in [1.54, 1.807) is 28.9 Å².